The number of halogens is 4. The molecule has 0 aliphatic heterocycles. The molecule has 0 spiro atoms. The minimum atomic E-state index is -4.65. The number of nitrogens with one attached hydrogen (secondary N) is 1. The summed E-state index contributed by atoms with van der Waals surface area (Å²) in [7, 11) is 0. The smallest absolute Gasteiger partial charge is 0.393 e. The van der Waals surface area contributed by atoms with Gasteiger partial charge in [0.05, 0.1) is 11.7 Å². The zero-order chi connectivity index (χ0) is 17.0. The van der Waals surface area contributed by atoms with Crippen LogP contribution in [0.25, 0.3) is 5.57 Å². The number of benzene rings is 1. The Balaban J connectivity index is 2.10. The quantitative estimate of drug-likeness (QED) is 0.818. The van der Waals surface area contributed by atoms with Crippen molar-refractivity contribution in [3.8, 4) is 0 Å². The number of aliphatic hydroxyl groups is 1. The summed E-state index contributed by atoms with van der Waals surface area (Å²) >= 11 is 5.67. The van der Waals surface area contributed by atoms with Crippen LogP contribution in [0.3, 0.4) is 0 Å². The molecule has 23 heavy (non-hydrogen) atoms. The molecule has 0 heterocycles. The van der Waals surface area contributed by atoms with Crippen LogP contribution in [0.2, 0.25) is 5.02 Å². The molecule has 3 nitrogen and oxygen atoms in total. The number of hydrogen-bond donors (Lipinski definition) is 2. The lowest BCUT2D eigenvalue weighted by molar-refractivity contribution is -0.117. The summed E-state index contributed by atoms with van der Waals surface area (Å²) in [4.78, 5) is 11.8. The van der Waals surface area contributed by atoms with Crippen molar-refractivity contribution < 1.29 is 23.1 Å². The summed E-state index contributed by atoms with van der Waals surface area (Å²) in [6, 6.07) is 5.11. The molecule has 7 heteroatoms. The number of rotatable bonds is 4. The number of amides is 1. The van der Waals surface area contributed by atoms with Gasteiger partial charge in [0.1, 0.15) is 0 Å². The highest BCUT2D eigenvalue weighted by Gasteiger charge is 2.35. The molecule has 2 N–H and O–H groups in total. The van der Waals surface area contributed by atoms with E-state index < -0.39 is 23.8 Å². The third kappa shape index (κ3) is 4.97. The van der Waals surface area contributed by atoms with Crippen molar-refractivity contribution in [2.24, 2.45) is 5.92 Å². The summed E-state index contributed by atoms with van der Waals surface area (Å²) < 4.78 is 39.4. The normalized spacial score (nSPS) is 22.2. The van der Waals surface area contributed by atoms with Crippen LogP contribution in [0.5, 0.6) is 0 Å². The lowest BCUT2D eigenvalue weighted by atomic mass is 10.0. The molecule has 1 aliphatic rings. The topological polar surface area (TPSA) is 49.3 Å². The fourth-order valence-electron chi connectivity index (χ4n) is 2.63. The van der Waals surface area contributed by atoms with E-state index in [0.717, 1.165) is 12.8 Å². The van der Waals surface area contributed by atoms with Crippen LogP contribution in [0.15, 0.2) is 30.3 Å². The molecule has 2 rings (SSSR count). The molecule has 0 bridgehead atoms. The van der Waals surface area contributed by atoms with Gasteiger partial charge in [-0.2, -0.15) is 13.2 Å². The zero-order valence-electron chi connectivity index (χ0n) is 12.2. The highest BCUT2D eigenvalue weighted by atomic mass is 35.5. The monoisotopic (exact) mass is 347 g/mol. The average Bonchev–Trinajstić information content (AvgIpc) is 2.88. The van der Waals surface area contributed by atoms with Gasteiger partial charge in [0.25, 0.3) is 0 Å². The average molecular weight is 348 g/mol. The Kier molecular flexibility index (Phi) is 5.70. The van der Waals surface area contributed by atoms with Crippen LogP contribution in [-0.4, -0.2) is 29.8 Å². The molecule has 2 unspecified atom stereocenters. The predicted molar refractivity (Wildman–Crippen MR) is 81.8 cm³/mol. The van der Waals surface area contributed by atoms with Crippen molar-refractivity contribution >= 4 is 23.1 Å². The van der Waals surface area contributed by atoms with Crippen molar-refractivity contribution in [1.82, 2.24) is 5.32 Å². The van der Waals surface area contributed by atoms with E-state index in [1.807, 2.05) is 0 Å². The second kappa shape index (κ2) is 7.36. The summed E-state index contributed by atoms with van der Waals surface area (Å²) in [6.45, 7) is 0.169. The molecular weight excluding hydrogens is 331 g/mol. The molecule has 1 fully saturated rings. The Labute approximate surface area is 137 Å². The van der Waals surface area contributed by atoms with E-state index in [9.17, 15) is 23.1 Å². The fraction of sp³-hybridized carbons (Fsp3) is 0.438. The van der Waals surface area contributed by atoms with Crippen molar-refractivity contribution in [2.45, 2.75) is 31.5 Å². The van der Waals surface area contributed by atoms with Gasteiger partial charge < -0.3 is 10.4 Å². The highest BCUT2D eigenvalue weighted by Crippen LogP contribution is 2.34. The second-order valence-electron chi connectivity index (χ2n) is 5.57. The van der Waals surface area contributed by atoms with E-state index >= 15 is 0 Å². The van der Waals surface area contributed by atoms with Crippen LogP contribution < -0.4 is 5.32 Å². The van der Waals surface area contributed by atoms with Crippen LogP contribution in [0, 0.1) is 5.92 Å². The van der Waals surface area contributed by atoms with Gasteiger partial charge in [0.15, 0.2) is 0 Å². The summed E-state index contributed by atoms with van der Waals surface area (Å²) in [5.41, 5.74) is -1.16. The second-order valence-corrected chi connectivity index (χ2v) is 6.00. The molecule has 1 amide bonds. The highest BCUT2D eigenvalue weighted by molar-refractivity contribution is 6.30. The first-order chi connectivity index (χ1) is 10.8. The molecule has 2 atom stereocenters. The maximum Gasteiger partial charge on any atom is 0.417 e. The SMILES string of the molecule is O=C(/C=C(/c1ccc(Cl)cc1)C(F)(F)F)NCC1CCCC1O. The van der Waals surface area contributed by atoms with E-state index in [0.29, 0.717) is 17.5 Å². The van der Waals surface area contributed by atoms with E-state index in [4.69, 9.17) is 11.6 Å². The number of carbonyl (C=O) groups excluding carboxylic acids is 1. The largest absolute Gasteiger partial charge is 0.417 e. The van der Waals surface area contributed by atoms with E-state index in [1.165, 1.54) is 24.3 Å². The Hall–Kier alpha value is -1.53. The number of carbonyl (C=O) groups is 1. The maximum atomic E-state index is 13.1. The van der Waals surface area contributed by atoms with Crippen molar-refractivity contribution in [2.75, 3.05) is 6.54 Å². The molecule has 1 saturated carbocycles. The minimum Gasteiger partial charge on any atom is -0.393 e. The lowest BCUT2D eigenvalue weighted by Gasteiger charge is -2.15. The van der Waals surface area contributed by atoms with Gasteiger partial charge in [0.2, 0.25) is 5.91 Å². The Morgan fingerprint density at radius 2 is 1.96 bits per heavy atom. The third-order valence-electron chi connectivity index (χ3n) is 3.89. The number of allylic oxidation sites excluding steroid dienone is 1. The molecule has 126 valence electrons. The zero-order valence-corrected chi connectivity index (χ0v) is 13.0. The molecule has 0 saturated heterocycles. The first-order valence-corrected chi connectivity index (χ1v) is 7.66. The van der Waals surface area contributed by atoms with Crippen LogP contribution in [0.1, 0.15) is 24.8 Å². The summed E-state index contributed by atoms with van der Waals surface area (Å²) in [5.74, 6) is -0.927. The summed E-state index contributed by atoms with van der Waals surface area (Å²) in [5, 5.41) is 12.4. The molecule has 1 aromatic rings. The van der Waals surface area contributed by atoms with Crippen LogP contribution >= 0.6 is 11.6 Å². The van der Waals surface area contributed by atoms with Gasteiger partial charge in [-0.1, -0.05) is 30.2 Å². The number of alkyl halides is 3. The molecular formula is C16H17ClF3NO2. The van der Waals surface area contributed by atoms with Gasteiger partial charge in [0, 0.05) is 23.6 Å². The molecule has 1 aliphatic carbocycles. The maximum absolute atomic E-state index is 13.1. The van der Waals surface area contributed by atoms with E-state index in [2.05, 4.69) is 5.32 Å². The number of hydrogen-bond acceptors (Lipinski definition) is 2. The van der Waals surface area contributed by atoms with E-state index in [1.54, 1.807) is 0 Å². The van der Waals surface area contributed by atoms with Gasteiger partial charge >= 0.3 is 6.18 Å². The van der Waals surface area contributed by atoms with Crippen LogP contribution in [0.4, 0.5) is 13.2 Å². The Bertz CT molecular complexity index is 584. The van der Waals surface area contributed by atoms with Gasteiger partial charge in [-0.05, 0) is 30.5 Å². The molecule has 0 aromatic heterocycles. The minimum absolute atomic E-state index is 0.0998. The van der Waals surface area contributed by atoms with Crippen molar-refractivity contribution in [1.29, 1.82) is 0 Å². The molecule has 1 aromatic carbocycles. The lowest BCUT2D eigenvalue weighted by Crippen LogP contribution is -2.32. The Morgan fingerprint density at radius 3 is 2.48 bits per heavy atom. The molecule has 0 radical (unpaired) electrons. The van der Waals surface area contributed by atoms with E-state index in [-0.39, 0.29) is 18.0 Å². The first-order valence-electron chi connectivity index (χ1n) is 7.28. The van der Waals surface area contributed by atoms with Crippen LogP contribution in [-0.2, 0) is 4.79 Å². The van der Waals surface area contributed by atoms with Crippen molar-refractivity contribution in [3.63, 3.8) is 0 Å². The summed E-state index contributed by atoms with van der Waals surface area (Å²) in [6.07, 6.45) is -2.33. The van der Waals surface area contributed by atoms with Gasteiger partial charge in [-0.3, -0.25) is 4.79 Å². The van der Waals surface area contributed by atoms with Gasteiger partial charge in [-0.15, -0.1) is 0 Å². The predicted octanol–water partition coefficient (Wildman–Crippen LogP) is 3.56. The Morgan fingerprint density at radius 1 is 1.30 bits per heavy atom. The fourth-order valence-corrected chi connectivity index (χ4v) is 2.75. The standard InChI is InChI=1S/C16H17ClF3NO2/c17-12-6-4-10(5-7-12)13(16(18,19)20)8-15(23)21-9-11-2-1-3-14(11)22/h4-8,11,14,22H,1-3,9H2,(H,21,23)/b13-8-. The number of aliphatic hydroxyl groups excluding tert-OH is 1. The van der Waals surface area contributed by atoms with Crippen molar-refractivity contribution in [3.05, 3.63) is 40.9 Å². The first kappa shape index (κ1) is 17.8. The van der Waals surface area contributed by atoms with Gasteiger partial charge in [-0.25, -0.2) is 0 Å². The third-order valence-corrected chi connectivity index (χ3v) is 4.15.